The molecule has 1 aromatic rings. The van der Waals surface area contributed by atoms with E-state index in [1.807, 2.05) is 13.0 Å². The van der Waals surface area contributed by atoms with Crippen molar-refractivity contribution in [3.05, 3.63) is 28.2 Å². The molecule has 0 radical (unpaired) electrons. The summed E-state index contributed by atoms with van der Waals surface area (Å²) in [7, 11) is 0. The van der Waals surface area contributed by atoms with E-state index in [2.05, 4.69) is 33.0 Å². The molecule has 0 aromatic heterocycles. The number of hydrogen-bond acceptors (Lipinski definition) is 3. The maximum Gasteiger partial charge on any atom is 0.0635 e. The average molecular weight is 299 g/mol. The monoisotopic (exact) mass is 298 g/mol. The predicted molar refractivity (Wildman–Crippen MR) is 74.2 cm³/mol. The third kappa shape index (κ3) is 2.64. The van der Waals surface area contributed by atoms with E-state index in [4.69, 9.17) is 5.73 Å². The minimum absolute atomic E-state index is 0.0121. The fraction of sp³-hybridized carbons (Fsp3) is 0.538. The second kappa shape index (κ2) is 5.38. The Bertz CT molecular complexity index is 395. The molecule has 3 nitrogen and oxygen atoms in total. The molecule has 1 aliphatic rings. The van der Waals surface area contributed by atoms with Gasteiger partial charge in [-0.25, -0.2) is 0 Å². The van der Waals surface area contributed by atoms with Crippen molar-refractivity contribution in [1.82, 2.24) is 0 Å². The maximum absolute atomic E-state index is 9.41. The van der Waals surface area contributed by atoms with Crippen LogP contribution in [0.4, 0.5) is 5.69 Å². The summed E-state index contributed by atoms with van der Waals surface area (Å²) in [6.07, 6.45) is 2.19. The predicted octanol–water partition coefficient (Wildman–Crippen LogP) is 2.43. The van der Waals surface area contributed by atoms with Crippen LogP contribution in [0.3, 0.4) is 0 Å². The van der Waals surface area contributed by atoms with Crippen LogP contribution in [-0.2, 0) is 0 Å². The summed E-state index contributed by atoms with van der Waals surface area (Å²) in [5.41, 5.74) is 8.32. The summed E-state index contributed by atoms with van der Waals surface area (Å²) in [6, 6.07) is 6.44. The molecule has 0 amide bonds. The van der Waals surface area contributed by atoms with Crippen LogP contribution in [0.2, 0.25) is 0 Å². The van der Waals surface area contributed by atoms with Gasteiger partial charge < -0.3 is 15.7 Å². The highest BCUT2D eigenvalue weighted by atomic mass is 79.9. The van der Waals surface area contributed by atoms with Crippen molar-refractivity contribution in [3.8, 4) is 0 Å². The Morgan fingerprint density at radius 1 is 1.59 bits per heavy atom. The van der Waals surface area contributed by atoms with Gasteiger partial charge in [0.1, 0.15) is 0 Å². The molecule has 17 heavy (non-hydrogen) atoms. The number of anilines is 1. The molecule has 2 atom stereocenters. The molecule has 94 valence electrons. The SMILES string of the molecule is CC(N)c1ccc(Br)cc1N1CCCC1CO. The third-order valence-electron chi connectivity index (χ3n) is 3.38. The first-order valence-corrected chi connectivity index (χ1v) is 6.85. The van der Waals surface area contributed by atoms with Gasteiger partial charge in [0.25, 0.3) is 0 Å². The first-order chi connectivity index (χ1) is 8.13. The fourth-order valence-corrected chi connectivity index (χ4v) is 2.84. The number of aliphatic hydroxyl groups excluding tert-OH is 1. The Hall–Kier alpha value is -0.580. The Morgan fingerprint density at radius 3 is 3.00 bits per heavy atom. The Morgan fingerprint density at radius 2 is 2.35 bits per heavy atom. The van der Waals surface area contributed by atoms with Crippen LogP contribution >= 0.6 is 15.9 Å². The van der Waals surface area contributed by atoms with Gasteiger partial charge in [-0.1, -0.05) is 22.0 Å². The second-order valence-corrected chi connectivity index (χ2v) is 5.58. The van der Waals surface area contributed by atoms with Crippen LogP contribution < -0.4 is 10.6 Å². The van der Waals surface area contributed by atoms with Crippen molar-refractivity contribution in [2.75, 3.05) is 18.1 Å². The van der Waals surface area contributed by atoms with Crippen molar-refractivity contribution in [2.45, 2.75) is 31.8 Å². The molecule has 1 aliphatic heterocycles. The van der Waals surface area contributed by atoms with Gasteiger partial charge in [-0.2, -0.15) is 0 Å². The van der Waals surface area contributed by atoms with E-state index in [0.717, 1.165) is 35.1 Å². The van der Waals surface area contributed by atoms with E-state index in [0.29, 0.717) is 0 Å². The normalized spacial score (nSPS) is 21.9. The highest BCUT2D eigenvalue weighted by Gasteiger charge is 2.26. The average Bonchev–Trinajstić information content (AvgIpc) is 2.76. The van der Waals surface area contributed by atoms with Crippen LogP contribution in [0.25, 0.3) is 0 Å². The quantitative estimate of drug-likeness (QED) is 0.901. The maximum atomic E-state index is 9.41. The van der Waals surface area contributed by atoms with Crippen molar-refractivity contribution in [3.63, 3.8) is 0 Å². The summed E-state index contributed by atoms with van der Waals surface area (Å²) >= 11 is 3.50. The topological polar surface area (TPSA) is 49.5 Å². The van der Waals surface area contributed by atoms with Crippen LogP contribution in [0, 0.1) is 0 Å². The number of hydrogen-bond donors (Lipinski definition) is 2. The zero-order chi connectivity index (χ0) is 12.4. The Labute approximate surface area is 111 Å². The zero-order valence-corrected chi connectivity index (χ0v) is 11.7. The van der Waals surface area contributed by atoms with E-state index in [1.54, 1.807) is 0 Å². The van der Waals surface area contributed by atoms with Crippen LogP contribution in [0.5, 0.6) is 0 Å². The molecular formula is C13H19BrN2O. The second-order valence-electron chi connectivity index (χ2n) is 4.66. The molecule has 1 aromatic carbocycles. The van der Waals surface area contributed by atoms with Gasteiger partial charge in [0.2, 0.25) is 0 Å². The van der Waals surface area contributed by atoms with Gasteiger partial charge in [-0.05, 0) is 37.5 Å². The van der Waals surface area contributed by atoms with Gasteiger partial charge >= 0.3 is 0 Å². The fourth-order valence-electron chi connectivity index (χ4n) is 2.49. The van der Waals surface area contributed by atoms with Gasteiger partial charge in [0.15, 0.2) is 0 Å². The first-order valence-electron chi connectivity index (χ1n) is 6.06. The van der Waals surface area contributed by atoms with Crippen LogP contribution in [0.15, 0.2) is 22.7 Å². The number of benzene rings is 1. The van der Waals surface area contributed by atoms with E-state index in [-0.39, 0.29) is 18.7 Å². The van der Waals surface area contributed by atoms with Gasteiger partial charge in [0.05, 0.1) is 12.6 Å². The van der Waals surface area contributed by atoms with Gasteiger partial charge in [-0.15, -0.1) is 0 Å². The van der Waals surface area contributed by atoms with Crippen molar-refractivity contribution >= 4 is 21.6 Å². The summed E-state index contributed by atoms with van der Waals surface area (Å²) in [5.74, 6) is 0. The molecule has 1 heterocycles. The molecule has 4 heteroatoms. The van der Waals surface area contributed by atoms with Crippen molar-refractivity contribution < 1.29 is 5.11 Å². The zero-order valence-electron chi connectivity index (χ0n) is 10.1. The van der Waals surface area contributed by atoms with Crippen molar-refractivity contribution in [1.29, 1.82) is 0 Å². The lowest BCUT2D eigenvalue weighted by Gasteiger charge is -2.29. The highest BCUT2D eigenvalue weighted by Crippen LogP contribution is 2.33. The molecule has 0 spiro atoms. The standard InChI is InChI=1S/C13H19BrN2O/c1-9(15)12-5-4-10(14)7-13(12)16-6-2-3-11(16)8-17/h4-5,7,9,11,17H,2-3,6,8,15H2,1H3. The van der Waals surface area contributed by atoms with E-state index in [9.17, 15) is 5.11 Å². The number of aliphatic hydroxyl groups is 1. The third-order valence-corrected chi connectivity index (χ3v) is 3.87. The minimum atomic E-state index is 0.0121. The lowest BCUT2D eigenvalue weighted by Crippen LogP contribution is -2.33. The molecule has 2 rings (SSSR count). The lowest BCUT2D eigenvalue weighted by atomic mass is 10.1. The summed E-state index contributed by atoms with van der Waals surface area (Å²) < 4.78 is 1.06. The van der Waals surface area contributed by atoms with Gasteiger partial charge in [0, 0.05) is 22.7 Å². The number of nitrogens with zero attached hydrogens (tertiary/aromatic N) is 1. The Kier molecular flexibility index (Phi) is 4.07. The molecule has 2 unspecified atom stereocenters. The summed E-state index contributed by atoms with van der Waals surface area (Å²) in [5, 5.41) is 9.41. The molecule has 1 fully saturated rings. The highest BCUT2D eigenvalue weighted by molar-refractivity contribution is 9.10. The molecule has 0 saturated carbocycles. The number of halogens is 1. The van der Waals surface area contributed by atoms with E-state index < -0.39 is 0 Å². The summed E-state index contributed by atoms with van der Waals surface area (Å²) in [4.78, 5) is 2.28. The first kappa shape index (κ1) is 12.9. The van der Waals surface area contributed by atoms with E-state index >= 15 is 0 Å². The molecule has 0 aliphatic carbocycles. The van der Waals surface area contributed by atoms with Crippen LogP contribution in [-0.4, -0.2) is 24.3 Å². The molecular weight excluding hydrogens is 280 g/mol. The molecule has 0 bridgehead atoms. The number of rotatable bonds is 3. The lowest BCUT2D eigenvalue weighted by molar-refractivity contribution is 0.266. The smallest absolute Gasteiger partial charge is 0.0635 e. The summed E-state index contributed by atoms with van der Waals surface area (Å²) in [6.45, 7) is 3.21. The Balaban J connectivity index is 2.38. The largest absolute Gasteiger partial charge is 0.394 e. The molecule has 1 saturated heterocycles. The van der Waals surface area contributed by atoms with Gasteiger partial charge in [-0.3, -0.25) is 0 Å². The minimum Gasteiger partial charge on any atom is -0.394 e. The number of nitrogens with two attached hydrogens (primary N) is 1. The van der Waals surface area contributed by atoms with E-state index in [1.165, 1.54) is 0 Å². The van der Waals surface area contributed by atoms with Crippen LogP contribution in [0.1, 0.15) is 31.4 Å². The van der Waals surface area contributed by atoms with Crippen molar-refractivity contribution in [2.24, 2.45) is 5.73 Å². The molecule has 3 N–H and O–H groups in total.